The van der Waals surface area contributed by atoms with Crippen LogP contribution >= 0.6 is 0 Å². The van der Waals surface area contributed by atoms with Crippen molar-refractivity contribution in [3.8, 4) is 0 Å². The first-order valence-corrected chi connectivity index (χ1v) is 7.14. The minimum absolute atomic E-state index is 0.197. The molecule has 3 N–H and O–H groups in total. The van der Waals surface area contributed by atoms with Crippen molar-refractivity contribution in [1.29, 1.82) is 0 Å². The van der Waals surface area contributed by atoms with Gasteiger partial charge in [-0.1, -0.05) is 24.6 Å². The molecule has 1 aromatic rings. The number of carbonyl (C=O) groups is 2. The number of aliphatic carboxylic acids is 2. The molecule has 0 radical (unpaired) electrons. The third-order valence-electron chi connectivity index (χ3n) is 3.52. The number of anilines is 1. The zero-order valence-electron chi connectivity index (χ0n) is 12.6. The standard InChI is InChI=1S/C16H23NO4/c1-16(2,15(20)21)12-8-5-6-9-13(12)17-11-7-3-4-10-14(18)19/h5-6,8-9,17H,3-4,7,10-11H2,1-2H3,(H,18,19)(H,20,21). The van der Waals surface area contributed by atoms with Crippen molar-refractivity contribution < 1.29 is 19.8 Å². The highest BCUT2D eigenvalue weighted by Gasteiger charge is 2.31. The molecule has 0 bridgehead atoms. The fourth-order valence-electron chi connectivity index (χ4n) is 2.10. The number of carboxylic acid groups (broad SMARTS) is 2. The summed E-state index contributed by atoms with van der Waals surface area (Å²) >= 11 is 0. The van der Waals surface area contributed by atoms with Crippen molar-refractivity contribution in [3.05, 3.63) is 29.8 Å². The van der Waals surface area contributed by atoms with Crippen molar-refractivity contribution in [2.24, 2.45) is 0 Å². The Morgan fingerprint density at radius 3 is 2.38 bits per heavy atom. The van der Waals surface area contributed by atoms with Gasteiger partial charge in [0.25, 0.3) is 0 Å². The second-order valence-corrected chi connectivity index (χ2v) is 5.61. The van der Waals surface area contributed by atoms with Gasteiger partial charge >= 0.3 is 11.9 Å². The summed E-state index contributed by atoms with van der Waals surface area (Å²) in [6.07, 6.45) is 2.56. The molecule has 0 fully saturated rings. The average Bonchev–Trinajstić information content (AvgIpc) is 2.42. The molecule has 0 saturated carbocycles. The number of hydrogen-bond acceptors (Lipinski definition) is 3. The lowest BCUT2D eigenvalue weighted by Crippen LogP contribution is -2.29. The molecule has 5 nitrogen and oxygen atoms in total. The van der Waals surface area contributed by atoms with Crippen LogP contribution in [0.25, 0.3) is 0 Å². The van der Waals surface area contributed by atoms with E-state index in [1.54, 1.807) is 13.8 Å². The van der Waals surface area contributed by atoms with Crippen LogP contribution in [-0.2, 0) is 15.0 Å². The normalized spacial score (nSPS) is 11.1. The molecule has 1 aromatic carbocycles. The zero-order valence-corrected chi connectivity index (χ0v) is 12.6. The van der Waals surface area contributed by atoms with E-state index in [0.29, 0.717) is 13.0 Å². The number of unbranched alkanes of at least 4 members (excludes halogenated alkanes) is 2. The Labute approximate surface area is 125 Å². The van der Waals surface area contributed by atoms with E-state index in [2.05, 4.69) is 5.32 Å². The molecule has 0 aliphatic carbocycles. The Hall–Kier alpha value is -2.04. The van der Waals surface area contributed by atoms with E-state index in [1.165, 1.54) is 0 Å². The highest BCUT2D eigenvalue weighted by atomic mass is 16.4. The molecule has 0 atom stereocenters. The van der Waals surface area contributed by atoms with E-state index in [9.17, 15) is 14.7 Å². The lowest BCUT2D eigenvalue weighted by atomic mass is 9.83. The van der Waals surface area contributed by atoms with E-state index in [-0.39, 0.29) is 6.42 Å². The third kappa shape index (κ3) is 5.10. The van der Waals surface area contributed by atoms with Gasteiger partial charge in [0.2, 0.25) is 0 Å². The van der Waals surface area contributed by atoms with Crippen molar-refractivity contribution in [3.63, 3.8) is 0 Å². The number of carboxylic acids is 2. The van der Waals surface area contributed by atoms with E-state index in [1.807, 2.05) is 24.3 Å². The summed E-state index contributed by atoms with van der Waals surface area (Å²) in [6.45, 7) is 4.07. The smallest absolute Gasteiger partial charge is 0.313 e. The molecule has 0 aromatic heterocycles. The van der Waals surface area contributed by atoms with Gasteiger partial charge in [-0.15, -0.1) is 0 Å². The van der Waals surface area contributed by atoms with Crippen LogP contribution in [0.2, 0.25) is 0 Å². The second kappa shape index (κ2) is 7.67. The number of para-hydroxylation sites is 1. The van der Waals surface area contributed by atoms with Gasteiger partial charge in [0.05, 0.1) is 5.41 Å². The molecule has 0 aliphatic heterocycles. The number of nitrogens with one attached hydrogen (secondary N) is 1. The fraction of sp³-hybridized carbons (Fsp3) is 0.500. The number of hydrogen-bond donors (Lipinski definition) is 3. The molecule has 1 rings (SSSR count). The fourth-order valence-corrected chi connectivity index (χ4v) is 2.10. The minimum atomic E-state index is -0.951. The molecule has 0 spiro atoms. The monoisotopic (exact) mass is 293 g/mol. The first-order valence-electron chi connectivity index (χ1n) is 7.14. The summed E-state index contributed by atoms with van der Waals surface area (Å²) in [4.78, 5) is 21.8. The quantitative estimate of drug-likeness (QED) is 0.609. The molecule has 0 unspecified atom stereocenters. The molecule has 116 valence electrons. The van der Waals surface area contributed by atoms with Crippen LogP contribution < -0.4 is 5.32 Å². The maximum absolute atomic E-state index is 11.4. The highest BCUT2D eigenvalue weighted by Crippen LogP contribution is 2.30. The first kappa shape index (κ1) is 17.0. The summed E-state index contributed by atoms with van der Waals surface area (Å²) < 4.78 is 0. The van der Waals surface area contributed by atoms with Crippen LogP contribution in [0.15, 0.2) is 24.3 Å². The Morgan fingerprint density at radius 2 is 1.76 bits per heavy atom. The molecule has 0 amide bonds. The molecule has 21 heavy (non-hydrogen) atoms. The van der Waals surface area contributed by atoms with Crippen LogP contribution in [-0.4, -0.2) is 28.7 Å². The molecule has 5 heteroatoms. The largest absolute Gasteiger partial charge is 0.481 e. The van der Waals surface area contributed by atoms with Gasteiger partial charge in [-0.25, -0.2) is 0 Å². The van der Waals surface area contributed by atoms with Gasteiger partial charge in [0.1, 0.15) is 0 Å². The Bertz CT molecular complexity index is 497. The molecular weight excluding hydrogens is 270 g/mol. The van der Waals surface area contributed by atoms with Crippen molar-refractivity contribution in [2.45, 2.75) is 44.9 Å². The first-order chi connectivity index (χ1) is 9.85. The highest BCUT2D eigenvalue weighted by molar-refractivity contribution is 5.83. The predicted molar refractivity (Wildman–Crippen MR) is 81.7 cm³/mol. The number of benzene rings is 1. The lowest BCUT2D eigenvalue weighted by molar-refractivity contribution is -0.142. The summed E-state index contributed by atoms with van der Waals surface area (Å²) in [5.74, 6) is -1.63. The minimum Gasteiger partial charge on any atom is -0.481 e. The van der Waals surface area contributed by atoms with Gasteiger partial charge < -0.3 is 15.5 Å². The SMILES string of the molecule is CC(C)(C(=O)O)c1ccccc1NCCCCCC(=O)O. The average molecular weight is 293 g/mol. The summed E-state index contributed by atoms with van der Waals surface area (Å²) in [7, 11) is 0. The van der Waals surface area contributed by atoms with Gasteiger partial charge in [-0.2, -0.15) is 0 Å². The lowest BCUT2D eigenvalue weighted by Gasteiger charge is -2.23. The van der Waals surface area contributed by atoms with Crippen molar-refractivity contribution in [2.75, 3.05) is 11.9 Å². The van der Waals surface area contributed by atoms with E-state index >= 15 is 0 Å². The van der Waals surface area contributed by atoms with E-state index < -0.39 is 17.4 Å². The predicted octanol–water partition coefficient (Wildman–Crippen LogP) is 3.11. The maximum atomic E-state index is 11.4. The maximum Gasteiger partial charge on any atom is 0.313 e. The van der Waals surface area contributed by atoms with E-state index in [4.69, 9.17) is 5.11 Å². The topological polar surface area (TPSA) is 86.6 Å². The van der Waals surface area contributed by atoms with Crippen LogP contribution in [0, 0.1) is 0 Å². The van der Waals surface area contributed by atoms with Gasteiger partial charge in [-0.05, 0) is 38.3 Å². The summed E-state index contributed by atoms with van der Waals surface area (Å²) in [5.41, 5.74) is 0.624. The van der Waals surface area contributed by atoms with Gasteiger partial charge in [0, 0.05) is 18.7 Å². The van der Waals surface area contributed by atoms with Crippen molar-refractivity contribution in [1.82, 2.24) is 0 Å². The Kier molecular flexibility index (Phi) is 6.21. The molecule has 0 aliphatic rings. The van der Waals surface area contributed by atoms with Crippen molar-refractivity contribution >= 4 is 17.6 Å². The Morgan fingerprint density at radius 1 is 1.10 bits per heavy atom. The van der Waals surface area contributed by atoms with Crippen LogP contribution in [0.3, 0.4) is 0 Å². The molecular formula is C16H23NO4. The van der Waals surface area contributed by atoms with Gasteiger partial charge in [0.15, 0.2) is 0 Å². The Balaban J connectivity index is 2.56. The van der Waals surface area contributed by atoms with Gasteiger partial charge in [-0.3, -0.25) is 9.59 Å². The van der Waals surface area contributed by atoms with Crippen LogP contribution in [0.1, 0.15) is 45.1 Å². The van der Waals surface area contributed by atoms with Crippen LogP contribution in [0.4, 0.5) is 5.69 Å². The summed E-state index contributed by atoms with van der Waals surface area (Å²) in [5, 5.41) is 21.1. The molecule has 0 heterocycles. The second-order valence-electron chi connectivity index (χ2n) is 5.61. The zero-order chi connectivity index (χ0) is 15.9. The van der Waals surface area contributed by atoms with E-state index in [0.717, 1.165) is 24.1 Å². The molecule has 0 saturated heterocycles. The third-order valence-corrected chi connectivity index (χ3v) is 3.52. The van der Waals surface area contributed by atoms with Crippen LogP contribution in [0.5, 0.6) is 0 Å². The number of rotatable bonds is 9. The summed E-state index contributed by atoms with van der Waals surface area (Å²) in [6, 6.07) is 7.39.